The minimum absolute atomic E-state index is 0.0325. The first-order valence-electron chi connectivity index (χ1n) is 6.18. The summed E-state index contributed by atoms with van der Waals surface area (Å²) in [7, 11) is 1.77. The van der Waals surface area contributed by atoms with Crippen LogP contribution in [0.1, 0.15) is 13.3 Å². The first kappa shape index (κ1) is 13.5. The van der Waals surface area contributed by atoms with Crippen LogP contribution >= 0.6 is 11.3 Å². The van der Waals surface area contributed by atoms with Crippen LogP contribution in [-0.2, 0) is 4.79 Å². The molecule has 0 atom stereocenters. The Morgan fingerprint density at radius 2 is 2.26 bits per heavy atom. The van der Waals surface area contributed by atoms with E-state index in [-0.39, 0.29) is 12.5 Å². The number of nitrogens with one attached hydrogen (secondary N) is 3. The van der Waals surface area contributed by atoms with Crippen molar-refractivity contribution in [3.63, 3.8) is 0 Å². The molecule has 0 saturated heterocycles. The van der Waals surface area contributed by atoms with Crippen LogP contribution in [0, 0.1) is 0 Å². The van der Waals surface area contributed by atoms with Gasteiger partial charge in [0.1, 0.15) is 10.6 Å². The van der Waals surface area contributed by atoms with Gasteiger partial charge < -0.3 is 16.0 Å². The maximum absolute atomic E-state index is 11.6. The van der Waals surface area contributed by atoms with Crippen LogP contribution < -0.4 is 16.0 Å². The number of thiophene rings is 1. The lowest BCUT2D eigenvalue weighted by Gasteiger charge is -2.08. The van der Waals surface area contributed by atoms with Gasteiger partial charge in [-0.1, -0.05) is 6.92 Å². The predicted octanol–water partition coefficient (Wildman–Crippen LogP) is 1.67. The summed E-state index contributed by atoms with van der Waals surface area (Å²) < 4.78 is 0. The third-order valence-corrected chi connectivity index (χ3v) is 3.34. The quantitative estimate of drug-likeness (QED) is 0.749. The van der Waals surface area contributed by atoms with Gasteiger partial charge in [0, 0.05) is 13.6 Å². The largest absolute Gasteiger partial charge is 0.360 e. The first-order valence-corrected chi connectivity index (χ1v) is 7.06. The van der Waals surface area contributed by atoms with E-state index in [2.05, 4.69) is 25.9 Å². The summed E-state index contributed by atoms with van der Waals surface area (Å²) in [6.07, 6.45) is 0.928. The van der Waals surface area contributed by atoms with Crippen molar-refractivity contribution in [3.8, 4) is 0 Å². The fourth-order valence-electron chi connectivity index (χ4n) is 1.59. The van der Waals surface area contributed by atoms with Crippen LogP contribution in [0.2, 0.25) is 0 Å². The summed E-state index contributed by atoms with van der Waals surface area (Å²) in [6.45, 7) is 2.93. The second-order valence-corrected chi connectivity index (χ2v) is 4.88. The molecule has 0 bridgehead atoms. The van der Waals surface area contributed by atoms with Crippen LogP contribution in [0.4, 0.5) is 11.8 Å². The third-order valence-electron chi connectivity index (χ3n) is 2.54. The number of carbonyl (C=O) groups is 1. The fourth-order valence-corrected chi connectivity index (χ4v) is 2.36. The smallest absolute Gasteiger partial charge is 0.239 e. The minimum Gasteiger partial charge on any atom is -0.360 e. The van der Waals surface area contributed by atoms with Crippen LogP contribution in [-0.4, -0.2) is 36.0 Å². The van der Waals surface area contributed by atoms with Gasteiger partial charge in [-0.15, -0.1) is 11.3 Å². The number of hydrogen-bond acceptors (Lipinski definition) is 6. The number of rotatable bonds is 6. The molecular weight excluding hydrogens is 262 g/mol. The second-order valence-electron chi connectivity index (χ2n) is 3.99. The van der Waals surface area contributed by atoms with Gasteiger partial charge in [-0.05, 0) is 17.9 Å². The molecule has 0 radical (unpaired) electrons. The molecule has 2 rings (SSSR count). The number of amides is 1. The molecule has 0 saturated carbocycles. The van der Waals surface area contributed by atoms with E-state index >= 15 is 0 Å². The van der Waals surface area contributed by atoms with Gasteiger partial charge in [-0.2, -0.15) is 4.98 Å². The van der Waals surface area contributed by atoms with E-state index in [4.69, 9.17) is 0 Å². The Hall–Kier alpha value is -1.89. The van der Waals surface area contributed by atoms with Gasteiger partial charge in [0.25, 0.3) is 0 Å². The van der Waals surface area contributed by atoms with E-state index in [0.717, 1.165) is 16.6 Å². The Kier molecular flexibility index (Phi) is 4.51. The Labute approximate surface area is 115 Å². The van der Waals surface area contributed by atoms with Gasteiger partial charge in [-0.3, -0.25) is 4.79 Å². The highest BCUT2D eigenvalue weighted by Gasteiger charge is 2.09. The minimum atomic E-state index is -0.0325. The molecule has 2 heterocycles. The zero-order chi connectivity index (χ0) is 13.7. The van der Waals surface area contributed by atoms with E-state index in [9.17, 15) is 4.79 Å². The zero-order valence-corrected chi connectivity index (χ0v) is 11.8. The van der Waals surface area contributed by atoms with Crippen molar-refractivity contribution >= 4 is 39.2 Å². The Balaban J connectivity index is 2.10. The molecule has 0 aromatic carbocycles. The van der Waals surface area contributed by atoms with E-state index in [0.29, 0.717) is 18.3 Å². The number of fused-ring (bicyclic) bond motifs is 1. The molecule has 2 aromatic rings. The number of anilines is 2. The van der Waals surface area contributed by atoms with E-state index in [1.54, 1.807) is 18.4 Å². The highest BCUT2D eigenvalue weighted by molar-refractivity contribution is 7.16. The normalized spacial score (nSPS) is 10.4. The second kappa shape index (κ2) is 6.33. The average Bonchev–Trinajstić information content (AvgIpc) is 2.90. The van der Waals surface area contributed by atoms with Crippen molar-refractivity contribution in [2.24, 2.45) is 0 Å². The summed E-state index contributed by atoms with van der Waals surface area (Å²) in [5, 5.41) is 11.7. The van der Waals surface area contributed by atoms with Gasteiger partial charge >= 0.3 is 0 Å². The molecule has 0 aliphatic heterocycles. The summed E-state index contributed by atoms with van der Waals surface area (Å²) in [5.41, 5.74) is 0. The molecular formula is C12H17N5OS. The van der Waals surface area contributed by atoms with Crippen molar-refractivity contribution in [2.45, 2.75) is 13.3 Å². The number of aromatic nitrogens is 2. The van der Waals surface area contributed by atoms with Crippen LogP contribution in [0.15, 0.2) is 11.4 Å². The van der Waals surface area contributed by atoms with E-state index < -0.39 is 0 Å². The highest BCUT2D eigenvalue weighted by Crippen LogP contribution is 2.26. The van der Waals surface area contributed by atoms with Gasteiger partial charge in [0.05, 0.1) is 11.9 Å². The Morgan fingerprint density at radius 1 is 1.42 bits per heavy atom. The summed E-state index contributed by atoms with van der Waals surface area (Å²) in [6, 6.07) is 1.95. The molecule has 6 nitrogen and oxygen atoms in total. The monoisotopic (exact) mass is 279 g/mol. The Morgan fingerprint density at radius 3 is 3.00 bits per heavy atom. The maximum atomic E-state index is 11.6. The van der Waals surface area contributed by atoms with Crippen LogP contribution in [0.25, 0.3) is 10.2 Å². The average molecular weight is 279 g/mol. The van der Waals surface area contributed by atoms with E-state index in [1.165, 1.54) is 0 Å². The number of carbonyl (C=O) groups excluding carboxylic acids is 1. The van der Waals surface area contributed by atoms with Crippen LogP contribution in [0.3, 0.4) is 0 Å². The summed E-state index contributed by atoms with van der Waals surface area (Å²) >= 11 is 1.55. The van der Waals surface area contributed by atoms with Crippen molar-refractivity contribution in [1.82, 2.24) is 15.3 Å². The topological polar surface area (TPSA) is 78.9 Å². The van der Waals surface area contributed by atoms with Crippen molar-refractivity contribution < 1.29 is 4.79 Å². The molecule has 102 valence electrons. The standard InChI is InChI=1S/C12H17N5OS/c1-3-5-14-9(18)7-15-10-8-4-6-19-11(8)17-12(13-2)16-10/h4,6H,3,5,7H2,1-2H3,(H,14,18)(H2,13,15,16,17). The van der Waals surface area contributed by atoms with Gasteiger partial charge in [0.2, 0.25) is 11.9 Å². The lowest BCUT2D eigenvalue weighted by atomic mass is 10.3. The Bertz CT molecular complexity index is 568. The van der Waals surface area contributed by atoms with Crippen LogP contribution in [0.5, 0.6) is 0 Å². The third kappa shape index (κ3) is 3.31. The molecule has 0 spiro atoms. The van der Waals surface area contributed by atoms with Crippen molar-refractivity contribution in [3.05, 3.63) is 11.4 Å². The molecule has 2 aromatic heterocycles. The molecule has 3 N–H and O–H groups in total. The lowest BCUT2D eigenvalue weighted by Crippen LogP contribution is -2.30. The van der Waals surface area contributed by atoms with Gasteiger partial charge in [0.15, 0.2) is 0 Å². The predicted molar refractivity (Wildman–Crippen MR) is 78.8 cm³/mol. The summed E-state index contributed by atoms with van der Waals surface area (Å²) in [4.78, 5) is 21.2. The number of hydrogen-bond donors (Lipinski definition) is 3. The molecule has 19 heavy (non-hydrogen) atoms. The maximum Gasteiger partial charge on any atom is 0.239 e. The van der Waals surface area contributed by atoms with Crippen molar-refractivity contribution in [2.75, 3.05) is 30.8 Å². The fraction of sp³-hybridized carbons (Fsp3) is 0.417. The first-order chi connectivity index (χ1) is 9.24. The number of nitrogens with zero attached hydrogens (tertiary/aromatic N) is 2. The molecule has 7 heteroatoms. The zero-order valence-electron chi connectivity index (χ0n) is 11.0. The summed E-state index contributed by atoms with van der Waals surface area (Å²) in [5.74, 6) is 1.20. The molecule has 0 aliphatic carbocycles. The van der Waals surface area contributed by atoms with Gasteiger partial charge in [-0.25, -0.2) is 4.98 Å². The van der Waals surface area contributed by atoms with E-state index in [1.807, 2.05) is 18.4 Å². The molecule has 0 fully saturated rings. The lowest BCUT2D eigenvalue weighted by molar-refractivity contribution is -0.119. The molecule has 0 unspecified atom stereocenters. The highest BCUT2D eigenvalue weighted by atomic mass is 32.1. The molecule has 0 aliphatic rings. The molecule has 1 amide bonds. The van der Waals surface area contributed by atoms with Crippen molar-refractivity contribution in [1.29, 1.82) is 0 Å². The SMILES string of the molecule is CCCNC(=O)CNc1nc(NC)nc2sccc12.